The lowest BCUT2D eigenvalue weighted by atomic mass is 9.78. The zero-order valence-electron chi connectivity index (χ0n) is 19.2. The van der Waals surface area contributed by atoms with Crippen LogP contribution in [0.5, 0.6) is 0 Å². The molecular weight excluding hydrogens is 446 g/mol. The fraction of sp³-hybridized carbons (Fsp3) is 0.708. The Labute approximate surface area is 197 Å². The maximum atomic E-state index is 13.2. The first-order chi connectivity index (χ1) is 15.8. The molecule has 1 saturated heterocycles. The predicted octanol–water partition coefficient (Wildman–Crippen LogP) is 4.65. The highest BCUT2D eigenvalue weighted by Crippen LogP contribution is 2.38. The second-order valence-corrected chi connectivity index (χ2v) is 11.2. The van der Waals surface area contributed by atoms with E-state index in [0.717, 1.165) is 61.3 Å². The molecule has 3 aliphatic rings. The summed E-state index contributed by atoms with van der Waals surface area (Å²) >= 11 is 1.59. The molecule has 0 N–H and O–H groups in total. The Morgan fingerprint density at radius 3 is 2.70 bits per heavy atom. The molecule has 5 rings (SSSR count). The number of alkyl halides is 2. The van der Waals surface area contributed by atoms with Gasteiger partial charge in [0, 0.05) is 30.5 Å². The van der Waals surface area contributed by atoms with Gasteiger partial charge in [0.1, 0.15) is 11.5 Å². The van der Waals surface area contributed by atoms with Gasteiger partial charge >= 0.3 is 0 Å². The van der Waals surface area contributed by atoms with Crippen LogP contribution in [0.25, 0.3) is 0 Å². The first kappa shape index (κ1) is 22.9. The fourth-order valence-electron chi connectivity index (χ4n) is 5.39. The van der Waals surface area contributed by atoms with Gasteiger partial charge in [0.05, 0.1) is 30.9 Å². The number of anilines is 1. The molecule has 1 aliphatic carbocycles. The van der Waals surface area contributed by atoms with Crippen molar-refractivity contribution in [2.45, 2.75) is 70.8 Å². The van der Waals surface area contributed by atoms with Crippen LogP contribution in [0.2, 0.25) is 0 Å². The van der Waals surface area contributed by atoms with Crippen LogP contribution in [-0.2, 0) is 24.2 Å². The lowest BCUT2D eigenvalue weighted by molar-refractivity contribution is -0.119. The van der Waals surface area contributed by atoms with Crippen LogP contribution in [0.4, 0.5) is 13.9 Å². The Morgan fingerprint density at radius 2 is 2.00 bits per heavy atom. The van der Waals surface area contributed by atoms with Gasteiger partial charge in [-0.1, -0.05) is 18.0 Å². The number of carbonyl (C=O) groups is 1. The minimum Gasteiger partial charge on any atom is -0.361 e. The minimum absolute atomic E-state index is 0.197. The summed E-state index contributed by atoms with van der Waals surface area (Å²) in [6.07, 6.45) is 7.81. The number of fused-ring (bicyclic) bond motifs is 1. The maximum Gasteiger partial charge on any atom is 0.282 e. The summed E-state index contributed by atoms with van der Waals surface area (Å²) < 4.78 is 31.5. The average molecular weight is 479 g/mol. The molecule has 0 unspecified atom stereocenters. The van der Waals surface area contributed by atoms with Crippen molar-refractivity contribution >= 4 is 22.3 Å². The van der Waals surface area contributed by atoms with Gasteiger partial charge < -0.3 is 9.42 Å². The zero-order valence-corrected chi connectivity index (χ0v) is 20.0. The van der Waals surface area contributed by atoms with Gasteiger partial charge in [-0.2, -0.15) is 0 Å². The largest absolute Gasteiger partial charge is 0.361 e. The lowest BCUT2D eigenvalue weighted by Gasteiger charge is -2.38. The number of hydrogen-bond acceptors (Lipinski definition) is 7. The van der Waals surface area contributed by atoms with Crippen LogP contribution in [0.15, 0.2) is 10.6 Å². The summed E-state index contributed by atoms with van der Waals surface area (Å²) in [6, 6.07) is 1.84. The summed E-state index contributed by atoms with van der Waals surface area (Å²) in [4.78, 5) is 22.5. The van der Waals surface area contributed by atoms with E-state index >= 15 is 0 Å². The predicted molar refractivity (Wildman–Crippen MR) is 123 cm³/mol. The zero-order chi connectivity index (χ0) is 23.0. The normalized spacial score (nSPS) is 25.0. The van der Waals surface area contributed by atoms with Crippen molar-refractivity contribution in [3.8, 4) is 0 Å². The number of aromatic nitrogens is 2. The molecule has 0 spiro atoms. The van der Waals surface area contributed by atoms with E-state index in [1.54, 1.807) is 16.2 Å². The van der Waals surface area contributed by atoms with Crippen LogP contribution < -0.4 is 4.90 Å². The smallest absolute Gasteiger partial charge is 0.282 e. The van der Waals surface area contributed by atoms with Crippen LogP contribution in [0.3, 0.4) is 0 Å². The van der Waals surface area contributed by atoms with E-state index in [9.17, 15) is 13.6 Å². The second-order valence-electron chi connectivity index (χ2n) is 10.1. The number of ketones is 1. The number of Topliss-reactive ketones (excluding diaryl/α,β-unsaturated/α-hetero) is 1. The van der Waals surface area contributed by atoms with Crippen molar-refractivity contribution in [2.24, 2.45) is 11.8 Å². The van der Waals surface area contributed by atoms with Gasteiger partial charge in [0.15, 0.2) is 5.13 Å². The third-order valence-electron chi connectivity index (χ3n) is 7.29. The molecule has 4 heterocycles. The fourth-order valence-corrected chi connectivity index (χ4v) is 6.45. The van der Waals surface area contributed by atoms with Crippen molar-refractivity contribution in [3.63, 3.8) is 0 Å². The molecule has 0 atom stereocenters. The number of aryl methyl sites for hydroxylation is 1. The van der Waals surface area contributed by atoms with Gasteiger partial charge in [0.25, 0.3) is 5.92 Å². The number of halogens is 2. The van der Waals surface area contributed by atoms with Crippen molar-refractivity contribution in [3.05, 3.63) is 28.1 Å². The van der Waals surface area contributed by atoms with Gasteiger partial charge in [-0.05, 0) is 51.0 Å². The van der Waals surface area contributed by atoms with Crippen LogP contribution in [0.1, 0.15) is 60.6 Å². The third kappa shape index (κ3) is 5.62. The Hall–Kier alpha value is -1.87. The molecule has 180 valence electrons. The molecule has 6 nitrogen and oxygen atoms in total. The molecular formula is C24H32F2N4O2S. The average Bonchev–Trinajstić information content (AvgIpc) is 3.36. The van der Waals surface area contributed by atoms with Gasteiger partial charge in [-0.3, -0.25) is 9.69 Å². The SMILES string of the molecule is Cc1cc(CC(=O)CC2CCC(CCN3CCc4sc(N5CC(F)(F)C5)nc4C3)CC2)on1. The van der Waals surface area contributed by atoms with Crippen LogP contribution in [-0.4, -0.2) is 52.9 Å². The number of carbonyl (C=O) groups excluding carboxylic acids is 1. The summed E-state index contributed by atoms with van der Waals surface area (Å²) in [7, 11) is 0. The Balaban J connectivity index is 1.02. The molecule has 2 aliphatic heterocycles. The molecule has 0 bridgehead atoms. The van der Waals surface area contributed by atoms with Crippen molar-refractivity contribution in [1.29, 1.82) is 0 Å². The third-order valence-corrected chi connectivity index (χ3v) is 8.51. The van der Waals surface area contributed by atoms with Crippen molar-refractivity contribution < 1.29 is 18.1 Å². The summed E-state index contributed by atoms with van der Waals surface area (Å²) in [5.74, 6) is -0.406. The summed E-state index contributed by atoms with van der Waals surface area (Å²) in [5.41, 5.74) is 1.90. The molecule has 9 heteroatoms. The van der Waals surface area contributed by atoms with Crippen LogP contribution in [0, 0.1) is 18.8 Å². The number of hydrogen-bond donors (Lipinski definition) is 0. The standard InChI is InChI=1S/C24H32F2N4O2S/c1-16-10-20(32-28-16)12-19(31)11-18-4-2-17(3-5-18)6-8-29-9-7-22-21(13-29)27-23(33-22)30-14-24(25,26)15-30/h10,17-18H,2-9,11-15H2,1H3. The van der Waals surface area contributed by atoms with Gasteiger partial charge in [0.2, 0.25) is 0 Å². The second kappa shape index (κ2) is 9.41. The van der Waals surface area contributed by atoms with Gasteiger partial charge in [-0.15, -0.1) is 11.3 Å². The van der Waals surface area contributed by atoms with Crippen LogP contribution >= 0.6 is 11.3 Å². The highest BCUT2D eigenvalue weighted by atomic mass is 32.1. The molecule has 0 amide bonds. The summed E-state index contributed by atoms with van der Waals surface area (Å²) in [6.45, 7) is 4.39. The maximum absolute atomic E-state index is 13.2. The molecule has 0 aromatic carbocycles. The number of nitrogens with zero attached hydrogens (tertiary/aromatic N) is 4. The topological polar surface area (TPSA) is 62.5 Å². The van der Waals surface area contributed by atoms with Crippen molar-refractivity contribution in [1.82, 2.24) is 15.0 Å². The van der Waals surface area contributed by atoms with E-state index in [-0.39, 0.29) is 18.9 Å². The van der Waals surface area contributed by atoms with Crippen molar-refractivity contribution in [2.75, 3.05) is 31.1 Å². The van der Waals surface area contributed by atoms with E-state index < -0.39 is 5.92 Å². The molecule has 2 aromatic heterocycles. The molecule has 1 saturated carbocycles. The highest BCUT2D eigenvalue weighted by molar-refractivity contribution is 7.15. The first-order valence-corrected chi connectivity index (χ1v) is 12.9. The monoisotopic (exact) mass is 478 g/mol. The lowest BCUT2D eigenvalue weighted by Crippen LogP contribution is -2.56. The van der Waals surface area contributed by atoms with Gasteiger partial charge in [-0.25, -0.2) is 13.8 Å². The molecule has 0 radical (unpaired) electrons. The van der Waals surface area contributed by atoms with E-state index in [2.05, 4.69) is 15.0 Å². The molecule has 2 fully saturated rings. The van der Waals surface area contributed by atoms with E-state index in [0.29, 0.717) is 24.5 Å². The Bertz CT molecular complexity index is 975. The molecule has 2 aromatic rings. The van der Waals surface area contributed by atoms with E-state index in [4.69, 9.17) is 4.52 Å². The van der Waals surface area contributed by atoms with E-state index in [1.165, 1.54) is 24.1 Å². The minimum atomic E-state index is -2.56. The molecule has 33 heavy (non-hydrogen) atoms. The first-order valence-electron chi connectivity index (χ1n) is 12.1. The number of rotatable bonds is 8. The summed E-state index contributed by atoms with van der Waals surface area (Å²) in [5, 5.41) is 4.62. The highest BCUT2D eigenvalue weighted by Gasteiger charge is 2.45. The van der Waals surface area contributed by atoms with E-state index in [1.807, 2.05) is 13.0 Å². The Morgan fingerprint density at radius 1 is 1.24 bits per heavy atom. The quantitative estimate of drug-likeness (QED) is 0.550. The Kier molecular flexibility index (Phi) is 6.53. The number of thiazole rings is 1.